The first kappa shape index (κ1) is 25.7. The maximum Gasteiger partial charge on any atom is 0.242 e. The molecule has 0 bridgehead atoms. The van der Waals surface area contributed by atoms with Crippen molar-refractivity contribution in [2.75, 3.05) is 13.2 Å². The summed E-state index contributed by atoms with van der Waals surface area (Å²) in [7, 11) is 0. The minimum atomic E-state index is -0.519. The summed E-state index contributed by atoms with van der Waals surface area (Å²) in [6.45, 7) is 9.45. The van der Waals surface area contributed by atoms with Gasteiger partial charge in [0, 0.05) is 24.5 Å². The van der Waals surface area contributed by atoms with E-state index in [4.69, 9.17) is 16.3 Å². The predicted molar refractivity (Wildman–Crippen MR) is 130 cm³/mol. The standard InChI is InChI=1S/C26H35ClN2O3/c1-5-24(26(31)28-17-19(2)3)29(18-21-10-12-22(27)13-11-21)25(30)7-6-16-32-23-14-8-20(4)9-15-23/h8-15,19,24H,5-7,16-18H2,1-4H3,(H,28,31). The summed E-state index contributed by atoms with van der Waals surface area (Å²) in [5.74, 6) is 0.967. The molecule has 0 fully saturated rings. The van der Waals surface area contributed by atoms with Crippen molar-refractivity contribution < 1.29 is 14.3 Å². The molecule has 0 saturated heterocycles. The summed E-state index contributed by atoms with van der Waals surface area (Å²) < 4.78 is 5.76. The molecule has 32 heavy (non-hydrogen) atoms. The minimum Gasteiger partial charge on any atom is -0.494 e. The third kappa shape index (κ3) is 8.54. The van der Waals surface area contributed by atoms with Gasteiger partial charge in [0.2, 0.25) is 11.8 Å². The van der Waals surface area contributed by atoms with Gasteiger partial charge in [0.25, 0.3) is 0 Å². The Hall–Kier alpha value is -2.53. The average Bonchev–Trinajstić information content (AvgIpc) is 2.77. The van der Waals surface area contributed by atoms with Crippen LogP contribution in [0.2, 0.25) is 5.02 Å². The summed E-state index contributed by atoms with van der Waals surface area (Å²) in [5, 5.41) is 3.62. The van der Waals surface area contributed by atoms with Crippen LogP contribution in [0.5, 0.6) is 5.75 Å². The fraction of sp³-hybridized carbons (Fsp3) is 0.462. The van der Waals surface area contributed by atoms with Crippen LogP contribution < -0.4 is 10.1 Å². The molecule has 0 heterocycles. The number of aryl methyl sites for hydroxylation is 1. The van der Waals surface area contributed by atoms with Crippen LogP contribution in [-0.4, -0.2) is 35.9 Å². The van der Waals surface area contributed by atoms with Gasteiger partial charge in [0.1, 0.15) is 11.8 Å². The predicted octanol–water partition coefficient (Wildman–Crippen LogP) is 5.39. The van der Waals surface area contributed by atoms with Crippen molar-refractivity contribution in [1.29, 1.82) is 0 Å². The molecule has 1 atom stereocenters. The molecule has 1 unspecified atom stereocenters. The maximum atomic E-state index is 13.2. The summed E-state index contributed by atoms with van der Waals surface area (Å²) in [6.07, 6.45) is 1.43. The normalized spacial score (nSPS) is 11.8. The first-order chi connectivity index (χ1) is 15.3. The Kier molecular flexibility index (Phi) is 10.5. The minimum absolute atomic E-state index is 0.0565. The van der Waals surface area contributed by atoms with Crippen LogP contribution in [0, 0.1) is 12.8 Å². The monoisotopic (exact) mass is 458 g/mol. The van der Waals surface area contributed by atoms with Gasteiger partial charge in [0.15, 0.2) is 0 Å². The number of nitrogens with zero attached hydrogens (tertiary/aromatic N) is 1. The number of carbonyl (C=O) groups is 2. The fourth-order valence-corrected chi connectivity index (χ4v) is 3.45. The van der Waals surface area contributed by atoms with E-state index in [1.54, 1.807) is 17.0 Å². The van der Waals surface area contributed by atoms with Gasteiger partial charge in [-0.25, -0.2) is 0 Å². The van der Waals surface area contributed by atoms with Crippen molar-refractivity contribution in [2.24, 2.45) is 5.92 Å². The number of rotatable bonds is 12. The van der Waals surface area contributed by atoms with E-state index in [-0.39, 0.29) is 11.8 Å². The molecule has 0 aromatic heterocycles. The molecule has 174 valence electrons. The van der Waals surface area contributed by atoms with E-state index >= 15 is 0 Å². The van der Waals surface area contributed by atoms with Gasteiger partial charge in [-0.1, -0.05) is 62.2 Å². The van der Waals surface area contributed by atoms with Crippen molar-refractivity contribution in [3.05, 3.63) is 64.7 Å². The van der Waals surface area contributed by atoms with Crippen LogP contribution >= 0.6 is 11.6 Å². The molecule has 0 aliphatic heterocycles. The second-order valence-corrected chi connectivity index (χ2v) is 8.91. The van der Waals surface area contributed by atoms with E-state index in [1.165, 1.54) is 5.56 Å². The molecule has 0 saturated carbocycles. The molecular weight excluding hydrogens is 424 g/mol. The molecular formula is C26H35ClN2O3. The van der Waals surface area contributed by atoms with Gasteiger partial charge in [0.05, 0.1) is 6.61 Å². The molecule has 2 aromatic carbocycles. The number of hydrogen-bond donors (Lipinski definition) is 1. The Labute approximate surface area is 197 Å². The molecule has 1 N–H and O–H groups in total. The summed E-state index contributed by atoms with van der Waals surface area (Å²) in [5.41, 5.74) is 2.11. The number of benzene rings is 2. The van der Waals surface area contributed by atoms with Crippen molar-refractivity contribution in [2.45, 2.75) is 59.5 Å². The van der Waals surface area contributed by atoms with Gasteiger partial charge < -0.3 is 15.0 Å². The highest BCUT2D eigenvalue weighted by atomic mass is 35.5. The topological polar surface area (TPSA) is 58.6 Å². The highest BCUT2D eigenvalue weighted by Crippen LogP contribution is 2.17. The number of halogens is 1. The molecule has 2 amide bonds. The molecule has 2 rings (SSSR count). The molecule has 2 aromatic rings. The number of carbonyl (C=O) groups excluding carboxylic acids is 2. The van der Waals surface area contributed by atoms with E-state index in [1.807, 2.05) is 64.1 Å². The van der Waals surface area contributed by atoms with Crippen LogP contribution in [0.1, 0.15) is 51.2 Å². The number of ether oxygens (including phenoxy) is 1. The lowest BCUT2D eigenvalue weighted by Gasteiger charge is -2.31. The zero-order valence-electron chi connectivity index (χ0n) is 19.6. The van der Waals surface area contributed by atoms with Crippen LogP contribution in [-0.2, 0) is 16.1 Å². The third-order valence-electron chi connectivity index (χ3n) is 5.16. The summed E-state index contributed by atoms with van der Waals surface area (Å²) in [4.78, 5) is 27.7. The Morgan fingerprint density at radius 1 is 1.06 bits per heavy atom. The van der Waals surface area contributed by atoms with Gasteiger partial charge in [-0.15, -0.1) is 0 Å². The lowest BCUT2D eigenvalue weighted by Crippen LogP contribution is -2.49. The lowest BCUT2D eigenvalue weighted by atomic mass is 10.1. The molecule has 0 spiro atoms. The Morgan fingerprint density at radius 3 is 2.31 bits per heavy atom. The van der Waals surface area contributed by atoms with Crippen LogP contribution in [0.15, 0.2) is 48.5 Å². The zero-order valence-corrected chi connectivity index (χ0v) is 20.3. The van der Waals surface area contributed by atoms with E-state index in [9.17, 15) is 9.59 Å². The number of amides is 2. The van der Waals surface area contributed by atoms with Crippen LogP contribution in [0.3, 0.4) is 0 Å². The number of hydrogen-bond acceptors (Lipinski definition) is 3. The average molecular weight is 459 g/mol. The first-order valence-electron chi connectivity index (χ1n) is 11.3. The van der Waals surface area contributed by atoms with Crippen molar-refractivity contribution >= 4 is 23.4 Å². The summed E-state index contributed by atoms with van der Waals surface area (Å²) >= 11 is 6.01. The smallest absolute Gasteiger partial charge is 0.242 e. The second kappa shape index (κ2) is 13.1. The van der Waals surface area contributed by atoms with Crippen molar-refractivity contribution in [3.8, 4) is 5.75 Å². The van der Waals surface area contributed by atoms with Crippen molar-refractivity contribution in [1.82, 2.24) is 10.2 Å². The van der Waals surface area contributed by atoms with Gasteiger partial charge in [-0.05, 0) is 55.5 Å². The Balaban J connectivity index is 2.03. The van der Waals surface area contributed by atoms with E-state index < -0.39 is 6.04 Å². The highest BCUT2D eigenvalue weighted by molar-refractivity contribution is 6.30. The third-order valence-corrected chi connectivity index (χ3v) is 5.41. The Morgan fingerprint density at radius 2 is 1.72 bits per heavy atom. The molecule has 5 nitrogen and oxygen atoms in total. The summed E-state index contributed by atoms with van der Waals surface area (Å²) in [6, 6.07) is 14.7. The fourth-order valence-electron chi connectivity index (χ4n) is 3.32. The van der Waals surface area contributed by atoms with Crippen molar-refractivity contribution in [3.63, 3.8) is 0 Å². The van der Waals surface area contributed by atoms with Gasteiger partial charge >= 0.3 is 0 Å². The van der Waals surface area contributed by atoms with E-state index in [2.05, 4.69) is 5.32 Å². The molecule has 0 aliphatic carbocycles. The molecule has 0 aliphatic rings. The lowest BCUT2D eigenvalue weighted by molar-refractivity contribution is -0.141. The quantitative estimate of drug-likeness (QED) is 0.434. The number of nitrogens with one attached hydrogen (secondary N) is 1. The zero-order chi connectivity index (χ0) is 23.5. The van der Waals surface area contributed by atoms with Gasteiger partial charge in [-0.2, -0.15) is 0 Å². The van der Waals surface area contributed by atoms with Crippen LogP contribution in [0.25, 0.3) is 0 Å². The SMILES string of the molecule is CCC(C(=O)NCC(C)C)N(Cc1ccc(Cl)cc1)C(=O)CCCOc1ccc(C)cc1. The van der Waals surface area contributed by atoms with Crippen LogP contribution in [0.4, 0.5) is 0 Å². The van der Waals surface area contributed by atoms with E-state index in [0.717, 1.165) is 11.3 Å². The first-order valence-corrected chi connectivity index (χ1v) is 11.7. The molecule has 6 heteroatoms. The maximum absolute atomic E-state index is 13.2. The highest BCUT2D eigenvalue weighted by Gasteiger charge is 2.28. The molecule has 0 radical (unpaired) electrons. The Bertz CT molecular complexity index is 850. The largest absolute Gasteiger partial charge is 0.494 e. The van der Waals surface area contributed by atoms with Gasteiger partial charge in [-0.3, -0.25) is 9.59 Å². The van der Waals surface area contributed by atoms with E-state index in [0.29, 0.717) is 49.9 Å². The second-order valence-electron chi connectivity index (χ2n) is 8.48.